The number of halogens is 1. The van der Waals surface area contributed by atoms with E-state index in [1.54, 1.807) is 12.2 Å². The molecule has 0 aromatic heterocycles. The van der Waals surface area contributed by atoms with Gasteiger partial charge in [-0.05, 0) is 13.8 Å². The molecule has 60 valence electrons. The van der Waals surface area contributed by atoms with E-state index in [0.717, 1.165) is 0 Å². The molecule has 0 heterocycles. The molecule has 0 saturated heterocycles. The summed E-state index contributed by atoms with van der Waals surface area (Å²) in [4.78, 5) is 0. The van der Waals surface area contributed by atoms with Gasteiger partial charge in [0.25, 0.3) is 0 Å². The number of rotatable bonds is 2. The van der Waals surface area contributed by atoms with Gasteiger partial charge in [0.1, 0.15) is 0 Å². The molecule has 0 spiro atoms. The van der Waals surface area contributed by atoms with Crippen LogP contribution < -0.4 is 0 Å². The summed E-state index contributed by atoms with van der Waals surface area (Å²) in [5.74, 6) is 0.635. The monoisotopic (exact) mass is 162 g/mol. The van der Waals surface area contributed by atoms with Crippen molar-refractivity contribution in [3.63, 3.8) is 0 Å². The second-order valence-electron chi connectivity index (χ2n) is 1.47. The first-order chi connectivity index (χ1) is 4.83. The molecule has 0 bridgehead atoms. The van der Waals surface area contributed by atoms with Crippen LogP contribution in [0.1, 0.15) is 13.8 Å². The third-order valence-electron chi connectivity index (χ3n) is 0.666. The highest BCUT2D eigenvalue weighted by molar-refractivity contribution is 6.18. The quantitative estimate of drug-likeness (QED) is 0.488. The Morgan fingerprint density at radius 2 is 1.70 bits per heavy atom. The van der Waals surface area contributed by atoms with E-state index in [9.17, 15) is 0 Å². The van der Waals surface area contributed by atoms with Crippen LogP contribution in [0.4, 0.5) is 0 Å². The maximum atomic E-state index is 7.98. The van der Waals surface area contributed by atoms with Crippen molar-refractivity contribution >= 4 is 11.6 Å². The fourth-order valence-electron chi connectivity index (χ4n) is 0.194. The zero-order chi connectivity index (χ0) is 8.24. The number of aliphatic hydroxyl groups excluding tert-OH is 1. The molecule has 0 atom stereocenters. The Hall–Kier alpha value is -0.270. The first-order valence-corrected chi connectivity index (χ1v) is 3.76. The van der Waals surface area contributed by atoms with Gasteiger partial charge in [-0.25, -0.2) is 0 Å². The first-order valence-electron chi connectivity index (χ1n) is 3.22. The topological polar surface area (TPSA) is 20.2 Å². The largest absolute Gasteiger partial charge is 0.392 e. The summed E-state index contributed by atoms with van der Waals surface area (Å²) in [5, 5.41) is 7.98. The van der Waals surface area contributed by atoms with E-state index in [1.165, 1.54) is 0 Å². The fourth-order valence-corrected chi connectivity index (χ4v) is 0.373. The molecule has 0 radical (unpaired) electrons. The van der Waals surface area contributed by atoms with Gasteiger partial charge in [0.2, 0.25) is 0 Å². The Morgan fingerprint density at radius 1 is 1.20 bits per heavy atom. The summed E-state index contributed by atoms with van der Waals surface area (Å²) >= 11 is 5.21. The number of hydrogen-bond acceptors (Lipinski definition) is 1. The van der Waals surface area contributed by atoms with Crippen molar-refractivity contribution in [2.75, 3.05) is 12.5 Å². The molecule has 1 N–H and O–H groups in total. The lowest BCUT2D eigenvalue weighted by Crippen LogP contribution is -1.65. The van der Waals surface area contributed by atoms with Gasteiger partial charge in [0.05, 0.1) is 6.61 Å². The van der Waals surface area contributed by atoms with Gasteiger partial charge in [0.15, 0.2) is 0 Å². The average molecular weight is 163 g/mol. The number of allylic oxidation sites excluding steroid dienone is 3. The Balaban J connectivity index is 0. The molecule has 0 aromatic carbocycles. The van der Waals surface area contributed by atoms with Crippen molar-refractivity contribution < 1.29 is 5.11 Å². The van der Waals surface area contributed by atoms with Gasteiger partial charge in [-0.2, -0.15) is 0 Å². The summed E-state index contributed by atoms with van der Waals surface area (Å²) in [7, 11) is 0. The molecule has 0 aliphatic heterocycles. The van der Waals surface area contributed by atoms with Crippen molar-refractivity contribution in [3.8, 4) is 0 Å². The van der Waals surface area contributed by atoms with Crippen molar-refractivity contribution in [2.45, 2.75) is 13.8 Å². The second kappa shape index (κ2) is 15.9. The van der Waals surface area contributed by atoms with E-state index in [4.69, 9.17) is 16.7 Å². The van der Waals surface area contributed by atoms with Crippen LogP contribution >= 0.6 is 11.6 Å². The van der Waals surface area contributed by atoms with Crippen LogP contribution in [0.2, 0.25) is 0 Å². The van der Waals surface area contributed by atoms with Crippen LogP contribution in [0.15, 0.2) is 24.3 Å². The Bertz CT molecular complexity index is 75.3. The Kier molecular flexibility index (Phi) is 19.7. The van der Waals surface area contributed by atoms with E-state index >= 15 is 0 Å². The van der Waals surface area contributed by atoms with Crippen LogP contribution in [0.3, 0.4) is 0 Å². The van der Waals surface area contributed by atoms with Crippen molar-refractivity contribution in [2.24, 2.45) is 0 Å². The van der Waals surface area contributed by atoms with Gasteiger partial charge >= 0.3 is 0 Å². The molecule has 0 unspecified atom stereocenters. The van der Waals surface area contributed by atoms with Gasteiger partial charge in [-0.15, -0.1) is 11.6 Å². The lowest BCUT2D eigenvalue weighted by molar-refractivity contribution is 0.342. The van der Waals surface area contributed by atoms with Crippen LogP contribution in [0.25, 0.3) is 0 Å². The van der Waals surface area contributed by atoms with E-state index in [-0.39, 0.29) is 6.61 Å². The second-order valence-corrected chi connectivity index (χ2v) is 1.78. The summed E-state index contributed by atoms with van der Waals surface area (Å²) in [5.41, 5.74) is 0. The van der Waals surface area contributed by atoms with Crippen LogP contribution in [0, 0.1) is 0 Å². The molecule has 0 fully saturated rings. The van der Waals surface area contributed by atoms with E-state index < -0.39 is 0 Å². The van der Waals surface area contributed by atoms with E-state index in [0.29, 0.717) is 5.88 Å². The highest BCUT2D eigenvalue weighted by Crippen LogP contribution is 1.73. The zero-order valence-corrected chi connectivity index (χ0v) is 7.30. The average Bonchev–Trinajstić information content (AvgIpc) is 1.93. The molecule has 0 saturated carbocycles. The smallest absolute Gasteiger partial charge is 0.0612 e. The number of aliphatic hydroxyl groups is 1. The predicted molar refractivity (Wildman–Crippen MR) is 47.4 cm³/mol. The van der Waals surface area contributed by atoms with Crippen LogP contribution in [-0.2, 0) is 0 Å². The summed E-state index contributed by atoms with van der Waals surface area (Å²) < 4.78 is 0. The number of alkyl halides is 1. The molecule has 0 aliphatic carbocycles. The Labute approximate surface area is 68.0 Å². The normalized spacial score (nSPS) is 10.0. The zero-order valence-electron chi connectivity index (χ0n) is 6.55. The molecule has 0 aliphatic rings. The standard InChI is InChI=1S/C4H7Cl.C4H8O/c2*1-2-3-4-5/h2-3H,4H2,1H3;2-3,5H,4H2,1H3. The third-order valence-corrected chi connectivity index (χ3v) is 0.844. The lowest BCUT2D eigenvalue weighted by Gasteiger charge is -1.66. The molecule has 0 aromatic rings. The van der Waals surface area contributed by atoms with Gasteiger partial charge in [0, 0.05) is 5.88 Å². The van der Waals surface area contributed by atoms with Gasteiger partial charge in [-0.3, -0.25) is 0 Å². The van der Waals surface area contributed by atoms with Crippen molar-refractivity contribution in [1.82, 2.24) is 0 Å². The highest BCUT2D eigenvalue weighted by atomic mass is 35.5. The summed E-state index contributed by atoms with van der Waals surface area (Å²) in [6.07, 6.45) is 7.30. The van der Waals surface area contributed by atoms with Crippen molar-refractivity contribution in [1.29, 1.82) is 0 Å². The van der Waals surface area contributed by atoms with Gasteiger partial charge < -0.3 is 5.11 Å². The minimum absolute atomic E-state index is 0.163. The lowest BCUT2D eigenvalue weighted by atomic mass is 10.6. The molecular formula is C8H15ClO. The fraction of sp³-hybridized carbons (Fsp3) is 0.500. The van der Waals surface area contributed by atoms with E-state index in [1.807, 2.05) is 26.0 Å². The molecule has 2 heteroatoms. The molecule has 0 amide bonds. The molecule has 0 rings (SSSR count). The minimum Gasteiger partial charge on any atom is -0.392 e. The predicted octanol–water partition coefficient (Wildman–Crippen LogP) is 2.36. The highest BCUT2D eigenvalue weighted by Gasteiger charge is 1.54. The Morgan fingerprint density at radius 3 is 1.70 bits per heavy atom. The summed E-state index contributed by atoms with van der Waals surface area (Å²) in [6, 6.07) is 0. The summed E-state index contributed by atoms with van der Waals surface area (Å²) in [6.45, 7) is 3.98. The molecular weight excluding hydrogens is 148 g/mol. The van der Waals surface area contributed by atoms with Gasteiger partial charge in [-0.1, -0.05) is 24.3 Å². The SMILES string of the molecule is CC=CCCl.CC=CCO. The third kappa shape index (κ3) is 25.2. The van der Waals surface area contributed by atoms with Crippen LogP contribution in [0.5, 0.6) is 0 Å². The molecule has 1 nitrogen and oxygen atoms in total. The number of hydrogen-bond donors (Lipinski definition) is 1. The molecule has 10 heavy (non-hydrogen) atoms. The maximum Gasteiger partial charge on any atom is 0.0612 e. The van der Waals surface area contributed by atoms with Crippen LogP contribution in [-0.4, -0.2) is 17.6 Å². The maximum absolute atomic E-state index is 7.98. The van der Waals surface area contributed by atoms with E-state index in [2.05, 4.69) is 0 Å². The minimum atomic E-state index is 0.163. The first kappa shape index (κ1) is 12.4. The van der Waals surface area contributed by atoms with Crippen molar-refractivity contribution in [3.05, 3.63) is 24.3 Å².